The van der Waals surface area contributed by atoms with Gasteiger partial charge in [0, 0.05) is 6.54 Å². The molecule has 0 aliphatic rings. The van der Waals surface area contributed by atoms with Crippen LogP contribution in [-0.2, 0) is 11.0 Å². The van der Waals surface area contributed by atoms with Crippen molar-refractivity contribution in [3.8, 4) is 0 Å². The molecule has 4 nitrogen and oxygen atoms in total. The molecule has 7 heteroatoms. The van der Waals surface area contributed by atoms with Gasteiger partial charge in [0.1, 0.15) is 11.6 Å². The quantitative estimate of drug-likeness (QED) is 0.717. The van der Waals surface area contributed by atoms with Crippen molar-refractivity contribution in [2.45, 2.75) is 12.2 Å². The van der Waals surface area contributed by atoms with E-state index in [-0.39, 0.29) is 5.82 Å². The summed E-state index contributed by atoms with van der Waals surface area (Å²) in [7, 11) is -4.27. The lowest BCUT2D eigenvalue weighted by atomic mass is 10.1. The molecule has 0 aliphatic carbocycles. The minimum absolute atomic E-state index is 0.313. The van der Waals surface area contributed by atoms with Crippen molar-refractivity contribution in [2.24, 2.45) is 0 Å². The first-order chi connectivity index (χ1) is 9.47. The highest BCUT2D eigenvalue weighted by atomic mass is 32.1. The molecule has 1 aromatic heterocycles. The fourth-order valence-electron chi connectivity index (χ4n) is 1.91. The van der Waals surface area contributed by atoms with E-state index in [1.54, 1.807) is 29.0 Å². The zero-order valence-electron chi connectivity index (χ0n) is 10.6. The summed E-state index contributed by atoms with van der Waals surface area (Å²) in [4.78, 5) is 18.8. The number of benzene rings is 1. The average molecular weight is 315 g/mol. The molecule has 0 spiro atoms. The topological polar surface area (TPSA) is 69.6 Å². The van der Waals surface area contributed by atoms with Crippen LogP contribution in [0.3, 0.4) is 0 Å². The molecule has 0 saturated heterocycles. The second-order valence-electron chi connectivity index (χ2n) is 4.38. The smallest absolute Gasteiger partial charge is 0.323 e. The SMILES string of the molecule is O=P(O)(O)[C@@H](NCCc1cccc(F)c1)c1ccsc1. The highest BCUT2D eigenvalue weighted by Crippen LogP contribution is 2.50. The normalized spacial score (nSPS) is 13.3. The Morgan fingerprint density at radius 1 is 1.35 bits per heavy atom. The Kier molecular flexibility index (Phi) is 5.07. The maximum Gasteiger partial charge on any atom is 0.346 e. The number of nitrogens with one attached hydrogen (secondary N) is 1. The van der Waals surface area contributed by atoms with E-state index in [1.165, 1.54) is 23.5 Å². The van der Waals surface area contributed by atoms with E-state index in [1.807, 2.05) is 0 Å². The van der Waals surface area contributed by atoms with Gasteiger partial charge in [-0.25, -0.2) is 4.39 Å². The van der Waals surface area contributed by atoms with E-state index in [4.69, 9.17) is 0 Å². The summed E-state index contributed by atoms with van der Waals surface area (Å²) in [5.74, 6) is -1.32. The van der Waals surface area contributed by atoms with Crippen molar-refractivity contribution < 1.29 is 18.7 Å². The molecule has 0 unspecified atom stereocenters. The number of thiophene rings is 1. The second kappa shape index (κ2) is 6.61. The first-order valence-electron chi connectivity index (χ1n) is 6.02. The van der Waals surface area contributed by atoms with Crippen LogP contribution in [0.1, 0.15) is 16.9 Å². The highest BCUT2D eigenvalue weighted by Gasteiger charge is 2.29. The third-order valence-corrected chi connectivity index (χ3v) is 4.69. The van der Waals surface area contributed by atoms with Gasteiger partial charge >= 0.3 is 7.60 Å². The lowest BCUT2D eigenvalue weighted by Gasteiger charge is -2.19. The molecule has 1 heterocycles. The molecule has 0 radical (unpaired) electrons. The van der Waals surface area contributed by atoms with Crippen molar-refractivity contribution in [1.82, 2.24) is 5.32 Å². The zero-order valence-corrected chi connectivity index (χ0v) is 12.3. The van der Waals surface area contributed by atoms with E-state index in [0.717, 1.165) is 5.56 Å². The Labute approximate surface area is 120 Å². The van der Waals surface area contributed by atoms with Gasteiger partial charge in [-0.1, -0.05) is 12.1 Å². The van der Waals surface area contributed by atoms with E-state index >= 15 is 0 Å². The first kappa shape index (κ1) is 15.4. The molecule has 2 aromatic rings. The third-order valence-electron chi connectivity index (χ3n) is 2.84. The predicted octanol–water partition coefficient (Wildman–Crippen LogP) is 2.90. The van der Waals surface area contributed by atoms with Crippen molar-refractivity contribution >= 4 is 18.9 Å². The highest BCUT2D eigenvalue weighted by molar-refractivity contribution is 7.52. The standard InChI is InChI=1S/C13H15FNO3PS/c14-12-3-1-2-10(8-12)4-6-15-13(19(16,17)18)11-5-7-20-9-11/h1-3,5,7-9,13,15H,4,6H2,(H2,16,17,18)/t13-/m1/s1. The summed E-state index contributed by atoms with van der Waals surface area (Å²) in [6.07, 6.45) is 0.498. The molecule has 0 saturated carbocycles. The second-order valence-corrected chi connectivity index (χ2v) is 6.86. The molecule has 0 bridgehead atoms. The Morgan fingerprint density at radius 3 is 2.75 bits per heavy atom. The molecule has 1 atom stereocenters. The summed E-state index contributed by atoms with van der Waals surface area (Å²) < 4.78 is 24.5. The first-order valence-corrected chi connectivity index (χ1v) is 8.64. The largest absolute Gasteiger partial charge is 0.346 e. The summed E-state index contributed by atoms with van der Waals surface area (Å²) in [5.41, 5.74) is 1.36. The van der Waals surface area contributed by atoms with Crippen molar-refractivity contribution in [1.29, 1.82) is 0 Å². The molecule has 1 aromatic carbocycles. The zero-order chi connectivity index (χ0) is 14.6. The van der Waals surface area contributed by atoms with Crippen LogP contribution in [-0.4, -0.2) is 16.3 Å². The van der Waals surface area contributed by atoms with Gasteiger partial charge in [0.25, 0.3) is 0 Å². The van der Waals surface area contributed by atoms with Crippen LogP contribution in [0.25, 0.3) is 0 Å². The molecule has 108 valence electrons. The number of hydrogen-bond acceptors (Lipinski definition) is 3. The van der Waals surface area contributed by atoms with E-state index in [9.17, 15) is 18.7 Å². The van der Waals surface area contributed by atoms with Crippen molar-refractivity contribution in [3.05, 3.63) is 58.0 Å². The van der Waals surface area contributed by atoms with Gasteiger partial charge in [-0.3, -0.25) is 9.88 Å². The monoisotopic (exact) mass is 315 g/mol. The number of rotatable bonds is 6. The minimum atomic E-state index is -4.27. The van der Waals surface area contributed by atoms with Crippen molar-refractivity contribution in [2.75, 3.05) is 6.54 Å². The minimum Gasteiger partial charge on any atom is -0.323 e. The fraction of sp³-hybridized carbons (Fsp3) is 0.231. The molecule has 0 amide bonds. The average Bonchev–Trinajstić information content (AvgIpc) is 2.86. The molecule has 0 aliphatic heterocycles. The summed E-state index contributed by atoms with van der Waals surface area (Å²) in [5, 5.41) is 6.33. The lowest BCUT2D eigenvalue weighted by Crippen LogP contribution is -2.23. The van der Waals surface area contributed by atoms with Crippen LogP contribution in [0.5, 0.6) is 0 Å². The van der Waals surface area contributed by atoms with E-state index < -0.39 is 13.4 Å². The van der Waals surface area contributed by atoms with Gasteiger partial charge < -0.3 is 9.79 Å². The number of hydrogen-bond donors (Lipinski definition) is 3. The Hall–Kier alpha value is -1.04. The Morgan fingerprint density at radius 2 is 2.15 bits per heavy atom. The van der Waals surface area contributed by atoms with Crippen LogP contribution >= 0.6 is 18.9 Å². The van der Waals surface area contributed by atoms with Crippen LogP contribution in [0.15, 0.2) is 41.1 Å². The molecular weight excluding hydrogens is 300 g/mol. The molecular formula is C13H15FNO3PS. The van der Waals surface area contributed by atoms with Gasteiger partial charge in [-0.2, -0.15) is 11.3 Å². The fourth-order valence-corrected chi connectivity index (χ4v) is 3.61. The Bertz CT molecular complexity index is 599. The Balaban J connectivity index is 1.98. The van der Waals surface area contributed by atoms with E-state index in [0.29, 0.717) is 18.5 Å². The third kappa shape index (κ3) is 4.23. The molecule has 2 rings (SSSR count). The van der Waals surface area contributed by atoms with Gasteiger partial charge in [0.2, 0.25) is 0 Å². The molecule has 20 heavy (non-hydrogen) atoms. The van der Waals surface area contributed by atoms with Crippen LogP contribution in [0, 0.1) is 5.82 Å². The maximum absolute atomic E-state index is 13.0. The number of halogens is 1. The summed E-state index contributed by atoms with van der Waals surface area (Å²) >= 11 is 1.38. The maximum atomic E-state index is 13.0. The summed E-state index contributed by atoms with van der Waals surface area (Å²) in [6, 6.07) is 7.86. The van der Waals surface area contributed by atoms with Gasteiger partial charge in [-0.05, 0) is 46.5 Å². The predicted molar refractivity (Wildman–Crippen MR) is 77.2 cm³/mol. The summed E-state index contributed by atoms with van der Waals surface area (Å²) in [6.45, 7) is 0.356. The van der Waals surface area contributed by atoms with E-state index in [2.05, 4.69) is 5.32 Å². The van der Waals surface area contributed by atoms with Crippen LogP contribution in [0.4, 0.5) is 4.39 Å². The lowest BCUT2D eigenvalue weighted by molar-refractivity contribution is 0.348. The van der Waals surface area contributed by atoms with Crippen molar-refractivity contribution in [3.63, 3.8) is 0 Å². The van der Waals surface area contributed by atoms with Gasteiger partial charge in [-0.15, -0.1) is 0 Å². The molecule has 3 N–H and O–H groups in total. The van der Waals surface area contributed by atoms with Crippen LogP contribution < -0.4 is 5.32 Å². The molecule has 0 fully saturated rings. The van der Waals surface area contributed by atoms with Crippen LogP contribution in [0.2, 0.25) is 0 Å². The van der Waals surface area contributed by atoms with Gasteiger partial charge in [0.15, 0.2) is 0 Å². The van der Waals surface area contributed by atoms with Gasteiger partial charge in [0.05, 0.1) is 0 Å².